The second kappa shape index (κ2) is 7.58. The third-order valence-corrected chi connectivity index (χ3v) is 6.88. The zero-order chi connectivity index (χ0) is 20.7. The Balaban J connectivity index is 1.71. The van der Waals surface area contributed by atoms with Crippen LogP contribution in [0.4, 0.5) is 5.69 Å². The molecule has 2 N–H and O–H groups in total. The van der Waals surface area contributed by atoms with E-state index in [1.807, 2.05) is 30.3 Å². The van der Waals surface area contributed by atoms with Crippen LogP contribution in [-0.2, 0) is 12.8 Å². The smallest absolute Gasteiger partial charge is 0.205 e. The number of methoxy groups -OCH3 is 1. The summed E-state index contributed by atoms with van der Waals surface area (Å²) in [6, 6.07) is 17.5. The highest BCUT2D eigenvalue weighted by Crippen LogP contribution is 2.42. The molecule has 2 aromatic carbocycles. The maximum atomic E-state index is 13.3. The van der Waals surface area contributed by atoms with Crippen molar-refractivity contribution in [1.29, 1.82) is 0 Å². The Morgan fingerprint density at radius 3 is 2.57 bits per heavy atom. The number of carbonyl (C=O) groups is 1. The van der Waals surface area contributed by atoms with Gasteiger partial charge in [0.15, 0.2) is 0 Å². The van der Waals surface area contributed by atoms with Crippen LogP contribution in [0.15, 0.2) is 54.6 Å². The number of thiophene rings is 1. The number of nitrogen functional groups attached to an aromatic ring is 1. The highest BCUT2D eigenvalue weighted by Gasteiger charge is 2.26. The predicted molar refractivity (Wildman–Crippen MR) is 123 cm³/mol. The number of carbonyl (C=O) groups excluding carboxylic acids is 1. The van der Waals surface area contributed by atoms with Gasteiger partial charge in [-0.3, -0.25) is 4.79 Å². The molecule has 0 amide bonds. The Hall–Kier alpha value is -3.18. The van der Waals surface area contributed by atoms with Gasteiger partial charge in [0.05, 0.1) is 18.5 Å². The van der Waals surface area contributed by atoms with E-state index in [1.165, 1.54) is 22.5 Å². The van der Waals surface area contributed by atoms with Gasteiger partial charge < -0.3 is 10.5 Å². The summed E-state index contributed by atoms with van der Waals surface area (Å²) in [5.74, 6) is 0.572. The van der Waals surface area contributed by atoms with Gasteiger partial charge in [-0.05, 0) is 48.9 Å². The Labute approximate surface area is 179 Å². The molecule has 0 radical (unpaired) electrons. The molecule has 1 aliphatic rings. The highest BCUT2D eigenvalue weighted by molar-refractivity contribution is 7.21. The van der Waals surface area contributed by atoms with Crippen molar-refractivity contribution in [3.63, 3.8) is 0 Å². The van der Waals surface area contributed by atoms with Crippen molar-refractivity contribution in [2.75, 3.05) is 12.8 Å². The molecule has 2 aromatic heterocycles. The lowest BCUT2D eigenvalue weighted by Gasteiger charge is -2.20. The number of hydrogen-bond donors (Lipinski definition) is 1. The average Bonchev–Trinajstić information content (AvgIpc) is 3.15. The number of anilines is 1. The van der Waals surface area contributed by atoms with Crippen molar-refractivity contribution >= 4 is 33.0 Å². The van der Waals surface area contributed by atoms with Crippen LogP contribution in [-0.4, -0.2) is 17.9 Å². The van der Waals surface area contributed by atoms with Crippen molar-refractivity contribution in [2.45, 2.75) is 25.7 Å². The Bertz CT molecular complexity index is 1260. The zero-order valence-electron chi connectivity index (χ0n) is 16.8. The first-order valence-corrected chi connectivity index (χ1v) is 11.0. The normalized spacial score (nSPS) is 13.2. The summed E-state index contributed by atoms with van der Waals surface area (Å²) in [6.45, 7) is 0. The first-order valence-electron chi connectivity index (χ1n) is 10.1. The minimum atomic E-state index is -0.0831. The first kappa shape index (κ1) is 18.8. The summed E-state index contributed by atoms with van der Waals surface area (Å²) in [6.07, 6.45) is 4.26. The number of nitrogens with zero attached hydrogens (tertiary/aromatic N) is 1. The number of ether oxygens (including phenoxy) is 1. The van der Waals surface area contributed by atoms with Crippen molar-refractivity contribution < 1.29 is 9.53 Å². The van der Waals surface area contributed by atoms with Crippen LogP contribution in [0.25, 0.3) is 21.5 Å². The lowest BCUT2D eigenvalue weighted by Crippen LogP contribution is -2.08. The largest absolute Gasteiger partial charge is 0.497 e. The highest BCUT2D eigenvalue weighted by atomic mass is 32.1. The van der Waals surface area contributed by atoms with Gasteiger partial charge in [-0.15, -0.1) is 11.3 Å². The number of pyridine rings is 1. The number of fused-ring (bicyclic) bond motifs is 3. The second-order valence-electron chi connectivity index (χ2n) is 7.58. The third-order valence-electron chi connectivity index (χ3n) is 5.78. The fraction of sp³-hybridized carbons (Fsp3) is 0.200. The second-order valence-corrected chi connectivity index (χ2v) is 8.58. The van der Waals surface area contributed by atoms with Gasteiger partial charge in [0, 0.05) is 16.5 Å². The quantitative estimate of drug-likeness (QED) is 0.437. The molecular formula is C25H22N2O2S. The van der Waals surface area contributed by atoms with Crippen molar-refractivity contribution in [2.24, 2.45) is 0 Å². The molecule has 0 saturated heterocycles. The lowest BCUT2D eigenvalue weighted by molar-refractivity contribution is 0.104. The van der Waals surface area contributed by atoms with Crippen LogP contribution in [0.1, 0.15) is 39.2 Å². The summed E-state index contributed by atoms with van der Waals surface area (Å²) in [4.78, 5) is 19.7. The standard InChI is InChI=1S/C25H22N2O2S/c1-29-17-11-7-10-16(14-17)23(28)24-21(26)20-18-12-5-6-13-19(18)22(27-25(20)30-24)15-8-3-2-4-9-15/h2-4,7-11,14H,5-6,12-13,26H2,1H3. The molecule has 0 unspecified atom stereocenters. The SMILES string of the molecule is COc1cccc(C(=O)c2sc3nc(-c4ccccc4)c4c(c3c2N)CCCC4)c1. The molecule has 2 heterocycles. The van der Waals surface area contributed by atoms with E-state index >= 15 is 0 Å². The number of benzene rings is 2. The van der Waals surface area contributed by atoms with Crippen LogP contribution in [0.2, 0.25) is 0 Å². The van der Waals surface area contributed by atoms with Crippen LogP contribution in [0, 0.1) is 0 Å². The molecule has 0 spiro atoms. The molecule has 150 valence electrons. The van der Waals surface area contributed by atoms with E-state index in [0.29, 0.717) is 21.9 Å². The summed E-state index contributed by atoms with van der Waals surface area (Å²) in [5.41, 5.74) is 12.4. The van der Waals surface area contributed by atoms with Crippen molar-refractivity contribution in [3.8, 4) is 17.0 Å². The van der Waals surface area contributed by atoms with E-state index in [4.69, 9.17) is 15.5 Å². The molecular weight excluding hydrogens is 392 g/mol. The molecule has 4 nitrogen and oxygen atoms in total. The number of hydrogen-bond acceptors (Lipinski definition) is 5. The summed E-state index contributed by atoms with van der Waals surface area (Å²) >= 11 is 1.40. The predicted octanol–water partition coefficient (Wildman–Crippen LogP) is 5.66. The van der Waals surface area contributed by atoms with Crippen LogP contribution in [0.3, 0.4) is 0 Å². The number of aromatic nitrogens is 1. The molecule has 1 aliphatic carbocycles. The molecule has 0 saturated carbocycles. The molecule has 4 aromatic rings. The van der Waals surface area contributed by atoms with E-state index in [-0.39, 0.29) is 5.78 Å². The number of ketones is 1. The van der Waals surface area contributed by atoms with Gasteiger partial charge in [-0.1, -0.05) is 42.5 Å². The molecule has 5 rings (SSSR count). The van der Waals surface area contributed by atoms with E-state index in [2.05, 4.69) is 12.1 Å². The molecule has 5 heteroatoms. The topological polar surface area (TPSA) is 65.2 Å². The Morgan fingerprint density at radius 2 is 1.80 bits per heavy atom. The minimum Gasteiger partial charge on any atom is -0.497 e. The van der Waals surface area contributed by atoms with Crippen molar-refractivity contribution in [1.82, 2.24) is 4.98 Å². The van der Waals surface area contributed by atoms with Gasteiger partial charge in [0.2, 0.25) is 5.78 Å². The Morgan fingerprint density at radius 1 is 1.03 bits per heavy atom. The Kier molecular flexibility index (Phi) is 4.75. The van der Waals surface area contributed by atoms with Gasteiger partial charge >= 0.3 is 0 Å². The fourth-order valence-electron chi connectivity index (χ4n) is 4.31. The minimum absolute atomic E-state index is 0.0831. The summed E-state index contributed by atoms with van der Waals surface area (Å²) in [7, 11) is 1.60. The maximum Gasteiger partial charge on any atom is 0.205 e. The monoisotopic (exact) mass is 414 g/mol. The zero-order valence-corrected chi connectivity index (χ0v) is 17.6. The van der Waals surface area contributed by atoms with Gasteiger partial charge in [-0.2, -0.15) is 0 Å². The van der Waals surface area contributed by atoms with E-state index in [0.717, 1.165) is 47.2 Å². The maximum absolute atomic E-state index is 13.3. The number of aryl methyl sites for hydroxylation is 1. The third kappa shape index (κ3) is 3.06. The number of nitrogens with two attached hydrogens (primary N) is 1. The summed E-state index contributed by atoms with van der Waals surface area (Å²) in [5, 5.41) is 0.973. The molecule has 0 atom stereocenters. The van der Waals surface area contributed by atoms with Crippen LogP contribution < -0.4 is 10.5 Å². The van der Waals surface area contributed by atoms with E-state index in [9.17, 15) is 4.79 Å². The molecule has 0 aliphatic heterocycles. The van der Waals surface area contributed by atoms with E-state index < -0.39 is 0 Å². The van der Waals surface area contributed by atoms with Crippen molar-refractivity contribution in [3.05, 3.63) is 76.2 Å². The number of rotatable bonds is 4. The van der Waals surface area contributed by atoms with Gasteiger partial charge in [0.25, 0.3) is 0 Å². The fourth-order valence-corrected chi connectivity index (χ4v) is 5.40. The van der Waals surface area contributed by atoms with Gasteiger partial charge in [-0.25, -0.2) is 4.98 Å². The van der Waals surface area contributed by atoms with E-state index in [1.54, 1.807) is 19.2 Å². The van der Waals surface area contributed by atoms with Crippen LogP contribution >= 0.6 is 11.3 Å². The molecule has 0 fully saturated rings. The molecule has 30 heavy (non-hydrogen) atoms. The first-order chi connectivity index (χ1) is 14.7. The van der Waals surface area contributed by atoms with Crippen LogP contribution in [0.5, 0.6) is 5.75 Å². The lowest BCUT2D eigenvalue weighted by atomic mass is 9.87. The summed E-state index contributed by atoms with van der Waals surface area (Å²) < 4.78 is 5.28. The average molecular weight is 415 g/mol. The molecule has 0 bridgehead atoms. The van der Waals surface area contributed by atoms with Gasteiger partial charge in [0.1, 0.15) is 15.5 Å².